The topological polar surface area (TPSA) is 49.9 Å². The second kappa shape index (κ2) is 7.02. The van der Waals surface area contributed by atoms with Gasteiger partial charge in [0.2, 0.25) is 0 Å². The van der Waals surface area contributed by atoms with Gasteiger partial charge in [-0.1, -0.05) is 12.8 Å². The Morgan fingerprint density at radius 2 is 1.63 bits per heavy atom. The highest BCUT2D eigenvalue weighted by Crippen LogP contribution is 2.21. The van der Waals surface area contributed by atoms with E-state index >= 15 is 0 Å². The smallest absolute Gasteiger partial charge is 0.282 e. The molecule has 0 radical (unpaired) electrons. The normalized spacial score (nSPS) is 28.2. The molecule has 2 fully saturated rings. The van der Waals surface area contributed by atoms with E-state index in [1.807, 2.05) is 6.92 Å². The summed E-state index contributed by atoms with van der Waals surface area (Å²) in [4.78, 5) is 0. The van der Waals surface area contributed by atoms with E-state index in [9.17, 15) is 8.42 Å². The van der Waals surface area contributed by atoms with Gasteiger partial charge < -0.3 is 4.74 Å². The molecule has 2 rings (SSSR count). The highest BCUT2D eigenvalue weighted by molar-refractivity contribution is 7.86. The Morgan fingerprint density at radius 3 is 2.26 bits per heavy atom. The maximum absolute atomic E-state index is 12.6. The van der Waals surface area contributed by atoms with Gasteiger partial charge in [-0.3, -0.25) is 0 Å². The van der Waals surface area contributed by atoms with E-state index in [0.29, 0.717) is 32.8 Å². The SMILES string of the molecule is CCO[C@H]1CCCN(S(=O)(=O)N2CCCCCC2)C1. The number of rotatable bonds is 4. The lowest BCUT2D eigenvalue weighted by Crippen LogP contribution is -2.50. The molecule has 112 valence electrons. The zero-order valence-corrected chi connectivity index (χ0v) is 12.7. The lowest BCUT2D eigenvalue weighted by atomic mass is 10.1. The molecular formula is C13H26N2O3S. The first-order chi connectivity index (χ1) is 9.14. The minimum atomic E-state index is -3.27. The van der Waals surface area contributed by atoms with Gasteiger partial charge in [0.25, 0.3) is 10.2 Å². The summed E-state index contributed by atoms with van der Waals surface area (Å²) >= 11 is 0. The fourth-order valence-corrected chi connectivity index (χ4v) is 4.68. The molecule has 0 N–H and O–H groups in total. The summed E-state index contributed by atoms with van der Waals surface area (Å²) in [5, 5.41) is 0. The molecule has 2 saturated heterocycles. The molecule has 0 saturated carbocycles. The molecule has 0 unspecified atom stereocenters. The molecule has 1 atom stereocenters. The Morgan fingerprint density at radius 1 is 1.00 bits per heavy atom. The van der Waals surface area contributed by atoms with Crippen molar-refractivity contribution in [3.63, 3.8) is 0 Å². The highest BCUT2D eigenvalue weighted by atomic mass is 32.2. The van der Waals surface area contributed by atoms with Gasteiger partial charge in [0.1, 0.15) is 0 Å². The predicted octanol–water partition coefficient (Wildman–Crippen LogP) is 1.61. The third kappa shape index (κ3) is 3.90. The van der Waals surface area contributed by atoms with E-state index < -0.39 is 10.2 Å². The van der Waals surface area contributed by atoms with Gasteiger partial charge in [-0.15, -0.1) is 0 Å². The minimum absolute atomic E-state index is 0.0699. The predicted molar refractivity (Wildman–Crippen MR) is 75.2 cm³/mol. The summed E-state index contributed by atoms with van der Waals surface area (Å²) in [6.45, 7) is 5.13. The lowest BCUT2D eigenvalue weighted by Gasteiger charge is -2.35. The van der Waals surface area contributed by atoms with Crippen LogP contribution in [0.5, 0.6) is 0 Å². The van der Waals surface area contributed by atoms with E-state index in [4.69, 9.17) is 4.74 Å². The van der Waals surface area contributed by atoms with Crippen molar-refractivity contribution in [1.29, 1.82) is 0 Å². The van der Waals surface area contributed by atoms with E-state index in [-0.39, 0.29) is 6.10 Å². The summed E-state index contributed by atoms with van der Waals surface area (Å²) in [5.74, 6) is 0. The highest BCUT2D eigenvalue weighted by Gasteiger charge is 2.33. The molecule has 2 aliphatic rings. The van der Waals surface area contributed by atoms with Crippen molar-refractivity contribution in [3.05, 3.63) is 0 Å². The first-order valence-corrected chi connectivity index (χ1v) is 8.91. The first-order valence-electron chi connectivity index (χ1n) is 7.51. The van der Waals surface area contributed by atoms with Crippen LogP contribution in [0.25, 0.3) is 0 Å². The van der Waals surface area contributed by atoms with Crippen molar-refractivity contribution in [2.45, 2.75) is 51.6 Å². The summed E-state index contributed by atoms with van der Waals surface area (Å²) in [7, 11) is -3.27. The zero-order valence-electron chi connectivity index (χ0n) is 11.9. The average Bonchev–Trinajstić information content (AvgIpc) is 2.69. The Bertz CT molecular complexity index is 362. The summed E-state index contributed by atoms with van der Waals surface area (Å²) in [5.41, 5.74) is 0. The van der Waals surface area contributed by atoms with Gasteiger partial charge in [0.05, 0.1) is 6.10 Å². The molecule has 0 aromatic carbocycles. The largest absolute Gasteiger partial charge is 0.377 e. The Kier molecular flexibility index (Phi) is 5.62. The summed E-state index contributed by atoms with van der Waals surface area (Å²) < 4.78 is 34.2. The second-order valence-corrected chi connectivity index (χ2v) is 7.33. The molecule has 6 heteroatoms. The van der Waals surface area contributed by atoms with Crippen LogP contribution >= 0.6 is 0 Å². The van der Waals surface area contributed by atoms with Gasteiger partial charge in [0.15, 0.2) is 0 Å². The number of nitrogens with zero attached hydrogens (tertiary/aromatic N) is 2. The number of hydrogen-bond acceptors (Lipinski definition) is 3. The van der Waals surface area contributed by atoms with Crippen LogP contribution in [-0.4, -0.2) is 55.9 Å². The van der Waals surface area contributed by atoms with Gasteiger partial charge in [0, 0.05) is 32.8 Å². The third-order valence-corrected chi connectivity index (χ3v) is 5.96. The van der Waals surface area contributed by atoms with Crippen molar-refractivity contribution in [1.82, 2.24) is 8.61 Å². The lowest BCUT2D eigenvalue weighted by molar-refractivity contribution is 0.0251. The number of piperidine rings is 1. The molecule has 0 bridgehead atoms. The van der Waals surface area contributed by atoms with Crippen LogP contribution < -0.4 is 0 Å². The molecule has 0 amide bonds. The summed E-state index contributed by atoms with van der Waals surface area (Å²) in [6, 6.07) is 0. The van der Waals surface area contributed by atoms with E-state index in [1.165, 1.54) is 0 Å². The van der Waals surface area contributed by atoms with Crippen molar-refractivity contribution in [2.24, 2.45) is 0 Å². The fourth-order valence-electron chi connectivity index (χ4n) is 2.92. The van der Waals surface area contributed by atoms with Crippen molar-refractivity contribution in [3.8, 4) is 0 Å². The summed E-state index contributed by atoms with van der Waals surface area (Å²) in [6.07, 6.45) is 6.21. The van der Waals surface area contributed by atoms with Gasteiger partial charge in [-0.05, 0) is 32.6 Å². The molecule has 2 heterocycles. The second-order valence-electron chi connectivity index (χ2n) is 5.40. The molecule has 5 nitrogen and oxygen atoms in total. The maximum atomic E-state index is 12.6. The molecule has 2 aliphatic heterocycles. The van der Waals surface area contributed by atoms with E-state index in [1.54, 1.807) is 8.61 Å². The molecule has 19 heavy (non-hydrogen) atoms. The fraction of sp³-hybridized carbons (Fsp3) is 1.00. The Labute approximate surface area is 117 Å². The first kappa shape index (κ1) is 15.2. The van der Waals surface area contributed by atoms with Crippen LogP contribution in [0.2, 0.25) is 0 Å². The van der Waals surface area contributed by atoms with Gasteiger partial charge >= 0.3 is 0 Å². The quantitative estimate of drug-likeness (QED) is 0.790. The van der Waals surface area contributed by atoms with Crippen LogP contribution in [0, 0.1) is 0 Å². The minimum Gasteiger partial charge on any atom is -0.377 e. The average molecular weight is 290 g/mol. The van der Waals surface area contributed by atoms with Gasteiger partial charge in [-0.25, -0.2) is 0 Å². The molecule has 0 aromatic rings. The third-order valence-electron chi connectivity index (χ3n) is 3.96. The monoisotopic (exact) mass is 290 g/mol. The molecule has 0 aliphatic carbocycles. The number of ether oxygens (including phenoxy) is 1. The van der Waals surface area contributed by atoms with E-state index in [0.717, 1.165) is 38.5 Å². The standard InChI is InChI=1S/C13H26N2O3S/c1-2-18-13-8-7-11-15(12-13)19(16,17)14-9-5-3-4-6-10-14/h13H,2-12H2,1H3/t13-/m0/s1. The molecular weight excluding hydrogens is 264 g/mol. The van der Waals surface area contributed by atoms with Crippen LogP contribution in [0.4, 0.5) is 0 Å². The Hall–Kier alpha value is -0.170. The van der Waals surface area contributed by atoms with Crippen LogP contribution in [0.15, 0.2) is 0 Å². The van der Waals surface area contributed by atoms with E-state index in [2.05, 4.69) is 0 Å². The molecule has 0 spiro atoms. The number of hydrogen-bond donors (Lipinski definition) is 0. The zero-order chi connectivity index (χ0) is 13.7. The van der Waals surface area contributed by atoms with Crippen LogP contribution in [-0.2, 0) is 14.9 Å². The van der Waals surface area contributed by atoms with Crippen molar-refractivity contribution in [2.75, 3.05) is 32.8 Å². The van der Waals surface area contributed by atoms with Crippen LogP contribution in [0.3, 0.4) is 0 Å². The maximum Gasteiger partial charge on any atom is 0.282 e. The van der Waals surface area contributed by atoms with Crippen LogP contribution in [0.1, 0.15) is 45.4 Å². The van der Waals surface area contributed by atoms with Crippen molar-refractivity contribution >= 4 is 10.2 Å². The Balaban J connectivity index is 2.01. The molecule has 0 aromatic heterocycles. The van der Waals surface area contributed by atoms with Gasteiger partial charge in [-0.2, -0.15) is 17.0 Å². The van der Waals surface area contributed by atoms with Crippen molar-refractivity contribution < 1.29 is 13.2 Å².